The molecule has 0 radical (unpaired) electrons. The zero-order valence-corrected chi connectivity index (χ0v) is 36.0. The van der Waals surface area contributed by atoms with Crippen molar-refractivity contribution in [3.8, 4) is 43.7 Å². The summed E-state index contributed by atoms with van der Waals surface area (Å²) in [5.74, 6) is 0.992. The molecule has 2 amide bonds. The van der Waals surface area contributed by atoms with Gasteiger partial charge in [-0.25, -0.2) is 34.7 Å². The van der Waals surface area contributed by atoms with Crippen molar-refractivity contribution in [1.29, 1.82) is 0 Å². The van der Waals surface area contributed by atoms with E-state index >= 15 is 0 Å². The van der Waals surface area contributed by atoms with E-state index in [4.69, 9.17) is 26.2 Å². The van der Waals surface area contributed by atoms with Crippen LogP contribution in [0.2, 0.25) is 0 Å². The van der Waals surface area contributed by atoms with Crippen molar-refractivity contribution < 1.29 is 9.53 Å². The Labute approximate surface area is 367 Å². The van der Waals surface area contributed by atoms with E-state index in [1.54, 1.807) is 22.7 Å². The highest BCUT2D eigenvalue weighted by molar-refractivity contribution is 7.22. The number of thiophene rings is 2. The fraction of sp³-hybridized carbons (Fsp3) is 0.267. The summed E-state index contributed by atoms with van der Waals surface area (Å²) in [5, 5.41) is 8.12. The van der Waals surface area contributed by atoms with Crippen LogP contribution in [0.5, 0.6) is 0 Å². The maximum Gasteiger partial charge on any atom is 0.317 e. The molecular weight excluding hydrogens is 819 g/mol. The number of fused-ring (bicyclic) bond motifs is 2. The number of carbonyl (C=O) groups excluding carboxylic acids is 1. The highest BCUT2D eigenvalue weighted by Crippen LogP contribution is 2.40. The molecule has 0 spiro atoms. The highest BCUT2D eigenvalue weighted by Gasteiger charge is 2.21. The first-order valence-corrected chi connectivity index (χ1v) is 22.3. The number of benzene rings is 2. The monoisotopic (exact) mass is 867 g/mol. The Balaban J connectivity index is 0.000000176. The summed E-state index contributed by atoms with van der Waals surface area (Å²) >= 11 is 3.21. The number of unbranched alkanes of at least 4 members (excludes halogenated alkanes) is 2. The number of nitrogens with one attached hydrogen (secondary N) is 2. The SMILES string of the molecule is C=CCNCCn1cnc(-c2ccccc2)c1-c1cc2c(N)ncnc2s1.Nc1ncnc2sc(-c3c(-c4ccccc4)ncn3CCCCCNC(=O)N3CCOCC3)cc12. The van der Waals surface area contributed by atoms with Gasteiger partial charge in [0.25, 0.3) is 0 Å². The minimum atomic E-state index is 0.00447. The molecule has 0 atom stereocenters. The third-order valence-electron chi connectivity index (χ3n) is 10.4. The van der Waals surface area contributed by atoms with Gasteiger partial charge in [0.1, 0.15) is 34.0 Å². The second kappa shape index (κ2) is 20.4. The standard InChI is InChI=1S/C25H29N7O2S.C20H20N6S/c26-23-19-15-20(35-24(19)29-16-28-23)22-21(18-7-3-1-4-8-18)30-17-32(22)10-6-2-5-9-27-25(33)31-11-13-34-14-12-31;1-2-8-22-9-10-26-13-25-17(14-6-4-3-5-7-14)18(26)16-11-15-19(21)23-12-24-20(15)27-16/h1,3-4,7-8,15-17H,2,5-6,9-14H2,(H,27,33)(H2,26,28,29);2-7,11-13,22H,1,8-10H2,(H2,21,23,24). The molecule has 0 unspecified atom stereocenters. The number of aromatic nitrogens is 8. The number of hydrogen-bond acceptors (Lipinski definition) is 13. The quantitative estimate of drug-likeness (QED) is 0.0586. The average molecular weight is 868 g/mol. The highest BCUT2D eigenvalue weighted by atomic mass is 32.1. The first kappa shape index (κ1) is 42.2. The number of nitrogen functional groups attached to an aromatic ring is 2. The van der Waals surface area contributed by atoms with Crippen LogP contribution in [0.15, 0.2) is 111 Å². The van der Waals surface area contributed by atoms with Gasteiger partial charge < -0.3 is 40.9 Å². The molecule has 1 fully saturated rings. The lowest BCUT2D eigenvalue weighted by molar-refractivity contribution is 0.0532. The molecule has 6 N–H and O–H groups in total. The van der Waals surface area contributed by atoms with Crippen LogP contribution in [0.4, 0.5) is 16.4 Å². The number of carbonyl (C=O) groups is 1. The number of ether oxygens (including phenoxy) is 1. The molecule has 0 bridgehead atoms. The van der Waals surface area contributed by atoms with E-state index in [1.807, 2.05) is 60.0 Å². The molecule has 0 saturated carbocycles. The molecule has 17 heteroatoms. The first-order valence-electron chi connectivity index (χ1n) is 20.6. The van der Waals surface area contributed by atoms with Gasteiger partial charge in [-0.2, -0.15) is 0 Å². The Morgan fingerprint density at radius 2 is 1.26 bits per heavy atom. The predicted octanol–water partition coefficient (Wildman–Crippen LogP) is 7.60. The van der Waals surface area contributed by atoms with E-state index < -0.39 is 0 Å². The normalized spacial score (nSPS) is 12.7. The third-order valence-corrected chi connectivity index (χ3v) is 12.5. The van der Waals surface area contributed by atoms with Crippen molar-refractivity contribution in [2.75, 3.05) is 57.4 Å². The summed E-state index contributed by atoms with van der Waals surface area (Å²) in [6, 6.07) is 24.6. The second-order valence-electron chi connectivity index (χ2n) is 14.6. The lowest BCUT2D eigenvalue weighted by atomic mass is 10.1. The molecule has 9 rings (SSSR count). The molecule has 15 nitrogen and oxygen atoms in total. The van der Waals surface area contributed by atoms with Crippen molar-refractivity contribution in [1.82, 2.24) is 54.6 Å². The molecule has 1 saturated heterocycles. The average Bonchev–Trinajstić information content (AvgIpc) is 4.13. The number of aryl methyl sites for hydroxylation is 1. The zero-order valence-electron chi connectivity index (χ0n) is 34.3. The van der Waals surface area contributed by atoms with E-state index in [0.717, 1.165) is 110 Å². The summed E-state index contributed by atoms with van der Waals surface area (Å²) < 4.78 is 9.69. The number of imidazole rings is 2. The molecule has 6 aromatic heterocycles. The molecule has 8 aromatic rings. The van der Waals surface area contributed by atoms with Crippen LogP contribution in [-0.4, -0.2) is 95.9 Å². The van der Waals surface area contributed by atoms with E-state index in [9.17, 15) is 4.79 Å². The summed E-state index contributed by atoms with van der Waals surface area (Å²) in [5.41, 5.74) is 18.3. The van der Waals surface area contributed by atoms with Crippen molar-refractivity contribution in [2.24, 2.45) is 0 Å². The Kier molecular flexibility index (Phi) is 13.8. The first-order chi connectivity index (χ1) is 30.5. The van der Waals surface area contributed by atoms with Crippen LogP contribution in [-0.2, 0) is 17.8 Å². The van der Waals surface area contributed by atoms with Gasteiger partial charge in [-0.15, -0.1) is 29.3 Å². The maximum atomic E-state index is 12.2. The molecule has 1 aliphatic rings. The van der Waals surface area contributed by atoms with E-state index in [1.165, 1.54) is 12.7 Å². The largest absolute Gasteiger partial charge is 0.383 e. The smallest absolute Gasteiger partial charge is 0.317 e. The van der Waals surface area contributed by atoms with Gasteiger partial charge >= 0.3 is 6.03 Å². The fourth-order valence-electron chi connectivity index (χ4n) is 7.28. The number of hydrogen-bond donors (Lipinski definition) is 4. The molecular formula is C45H49N13O2S2. The Morgan fingerprint density at radius 3 is 1.79 bits per heavy atom. The third kappa shape index (κ3) is 9.81. The summed E-state index contributed by atoms with van der Waals surface area (Å²) in [7, 11) is 0. The Morgan fingerprint density at radius 1 is 0.710 bits per heavy atom. The number of morpholine rings is 1. The van der Waals surface area contributed by atoms with E-state index in [-0.39, 0.29) is 6.03 Å². The van der Waals surface area contributed by atoms with Gasteiger partial charge in [0.2, 0.25) is 0 Å². The van der Waals surface area contributed by atoms with Crippen molar-refractivity contribution >= 4 is 60.8 Å². The van der Waals surface area contributed by atoms with Gasteiger partial charge in [0.15, 0.2) is 0 Å². The van der Waals surface area contributed by atoms with Crippen LogP contribution >= 0.6 is 22.7 Å². The topological polar surface area (TPSA) is 193 Å². The number of amides is 2. The molecule has 62 heavy (non-hydrogen) atoms. The molecule has 2 aromatic carbocycles. The van der Waals surface area contributed by atoms with Gasteiger partial charge in [0, 0.05) is 56.9 Å². The lowest BCUT2D eigenvalue weighted by Gasteiger charge is -2.26. The molecule has 318 valence electrons. The Hall–Kier alpha value is -6.53. The van der Waals surface area contributed by atoms with Crippen LogP contribution in [0.3, 0.4) is 0 Å². The second-order valence-corrected chi connectivity index (χ2v) is 16.6. The number of rotatable bonds is 15. The number of nitrogens with two attached hydrogens (primary N) is 2. The van der Waals surface area contributed by atoms with Crippen LogP contribution in [0, 0.1) is 0 Å². The summed E-state index contributed by atoms with van der Waals surface area (Å²) in [6.07, 6.45) is 11.6. The van der Waals surface area contributed by atoms with Crippen LogP contribution in [0.25, 0.3) is 64.1 Å². The molecule has 7 heterocycles. The zero-order chi connectivity index (χ0) is 42.7. The minimum Gasteiger partial charge on any atom is -0.383 e. The maximum absolute atomic E-state index is 12.2. The van der Waals surface area contributed by atoms with Gasteiger partial charge in [-0.05, 0) is 31.4 Å². The minimum absolute atomic E-state index is 0.00447. The number of urea groups is 1. The molecule has 1 aliphatic heterocycles. The predicted molar refractivity (Wildman–Crippen MR) is 250 cm³/mol. The van der Waals surface area contributed by atoms with Crippen molar-refractivity contribution in [3.05, 3.63) is 111 Å². The number of anilines is 2. The summed E-state index contributed by atoms with van der Waals surface area (Å²) in [4.78, 5) is 44.4. The van der Waals surface area contributed by atoms with E-state index in [2.05, 4.69) is 82.7 Å². The Bertz CT molecular complexity index is 2720. The summed E-state index contributed by atoms with van der Waals surface area (Å²) in [6.45, 7) is 10.2. The lowest BCUT2D eigenvalue weighted by Crippen LogP contribution is -2.46. The van der Waals surface area contributed by atoms with Crippen molar-refractivity contribution in [3.63, 3.8) is 0 Å². The van der Waals surface area contributed by atoms with Crippen LogP contribution in [0.1, 0.15) is 19.3 Å². The number of nitrogens with zero attached hydrogens (tertiary/aromatic N) is 9. The molecule has 0 aliphatic carbocycles. The van der Waals surface area contributed by atoms with Gasteiger partial charge in [-0.1, -0.05) is 66.7 Å². The fourth-order valence-corrected chi connectivity index (χ4v) is 9.41. The van der Waals surface area contributed by atoms with Crippen molar-refractivity contribution in [2.45, 2.75) is 32.4 Å². The van der Waals surface area contributed by atoms with Crippen LogP contribution < -0.4 is 22.1 Å². The van der Waals surface area contributed by atoms with Gasteiger partial charge in [-0.3, -0.25) is 0 Å². The van der Waals surface area contributed by atoms with Gasteiger partial charge in [0.05, 0.1) is 69.2 Å². The van der Waals surface area contributed by atoms with E-state index in [0.29, 0.717) is 44.5 Å².